The maximum absolute atomic E-state index is 13.1. The van der Waals surface area contributed by atoms with E-state index in [1.807, 2.05) is 66.1 Å². The molecule has 0 radical (unpaired) electrons. The lowest BCUT2D eigenvalue weighted by atomic mass is 10.2. The Balaban J connectivity index is 1.50. The molecule has 4 aromatic rings. The summed E-state index contributed by atoms with van der Waals surface area (Å²) in [4.78, 5) is 12.4. The molecule has 1 amide bonds. The van der Waals surface area contributed by atoms with E-state index in [4.69, 9.17) is 4.74 Å². The summed E-state index contributed by atoms with van der Waals surface area (Å²) in [6.07, 6.45) is 0. The van der Waals surface area contributed by atoms with Gasteiger partial charge in [-0.1, -0.05) is 47.7 Å². The van der Waals surface area contributed by atoms with Crippen molar-refractivity contribution in [3.63, 3.8) is 0 Å². The molecule has 0 atom stereocenters. The van der Waals surface area contributed by atoms with E-state index in [0.717, 1.165) is 17.0 Å². The van der Waals surface area contributed by atoms with Crippen LogP contribution < -0.4 is 10.1 Å². The Morgan fingerprint density at radius 3 is 2.44 bits per heavy atom. The van der Waals surface area contributed by atoms with Crippen LogP contribution in [0.3, 0.4) is 0 Å². The normalized spacial score (nSPS) is 10.7. The van der Waals surface area contributed by atoms with Gasteiger partial charge in [-0.3, -0.25) is 9.36 Å². The quantitative estimate of drug-likeness (QED) is 0.383. The average Bonchev–Trinajstić information content (AvgIpc) is 3.22. The molecule has 0 aliphatic carbocycles. The highest BCUT2D eigenvalue weighted by Crippen LogP contribution is 2.24. The number of benzene rings is 3. The number of hydrogen-bond acceptors (Lipinski definition) is 5. The van der Waals surface area contributed by atoms with Crippen molar-refractivity contribution in [2.75, 3.05) is 11.1 Å². The fourth-order valence-corrected chi connectivity index (χ4v) is 3.74. The summed E-state index contributed by atoms with van der Waals surface area (Å²) in [5.74, 6) is 0.912. The Kier molecular flexibility index (Phi) is 6.81. The summed E-state index contributed by atoms with van der Waals surface area (Å²) in [6, 6.07) is 23.1. The minimum absolute atomic E-state index is 0.126. The molecular weight excluding hydrogens is 427 g/mol. The van der Waals surface area contributed by atoms with Gasteiger partial charge in [-0.15, -0.1) is 10.2 Å². The number of amides is 1. The number of hydrogen-bond donors (Lipinski definition) is 1. The molecule has 0 aliphatic rings. The van der Waals surface area contributed by atoms with Crippen molar-refractivity contribution in [2.24, 2.45) is 0 Å². The molecule has 0 aliphatic heterocycles. The zero-order chi connectivity index (χ0) is 22.3. The molecule has 4 rings (SSSR count). The Labute approximate surface area is 189 Å². The second kappa shape index (κ2) is 10.1. The molecule has 6 nitrogen and oxygen atoms in total. The second-order valence-electron chi connectivity index (χ2n) is 7.02. The third kappa shape index (κ3) is 5.53. The zero-order valence-corrected chi connectivity index (χ0v) is 18.2. The Morgan fingerprint density at radius 2 is 1.72 bits per heavy atom. The molecule has 3 aromatic carbocycles. The number of ether oxygens (including phenoxy) is 1. The summed E-state index contributed by atoms with van der Waals surface area (Å²) in [5.41, 5.74) is 2.56. The van der Waals surface area contributed by atoms with Gasteiger partial charge in [-0.2, -0.15) is 0 Å². The molecule has 0 fully saturated rings. The number of aromatic nitrogens is 3. The van der Waals surface area contributed by atoms with Crippen LogP contribution in [0.1, 0.15) is 11.4 Å². The Bertz CT molecular complexity index is 1180. The van der Waals surface area contributed by atoms with Crippen molar-refractivity contribution in [3.8, 4) is 11.4 Å². The molecule has 0 bridgehead atoms. The van der Waals surface area contributed by atoms with E-state index in [0.29, 0.717) is 16.7 Å². The zero-order valence-electron chi connectivity index (χ0n) is 17.4. The monoisotopic (exact) mass is 448 g/mol. The van der Waals surface area contributed by atoms with E-state index in [1.54, 1.807) is 0 Å². The number of carbonyl (C=O) groups is 1. The third-order valence-corrected chi connectivity index (χ3v) is 5.49. The van der Waals surface area contributed by atoms with Crippen molar-refractivity contribution < 1.29 is 13.9 Å². The van der Waals surface area contributed by atoms with Gasteiger partial charge in [0.25, 0.3) is 0 Å². The van der Waals surface area contributed by atoms with Gasteiger partial charge >= 0.3 is 0 Å². The van der Waals surface area contributed by atoms with Crippen molar-refractivity contribution in [3.05, 3.63) is 96.1 Å². The molecule has 0 unspecified atom stereocenters. The highest BCUT2D eigenvalue weighted by atomic mass is 32.2. The first-order chi connectivity index (χ1) is 15.6. The Hall–Kier alpha value is -3.65. The largest absolute Gasteiger partial charge is 0.486 e. The molecule has 8 heteroatoms. The topological polar surface area (TPSA) is 69.0 Å². The van der Waals surface area contributed by atoms with Gasteiger partial charge in [-0.05, 0) is 55.5 Å². The lowest BCUT2D eigenvalue weighted by Gasteiger charge is -2.11. The van der Waals surface area contributed by atoms with Crippen LogP contribution in [0, 0.1) is 12.7 Å². The third-order valence-electron chi connectivity index (χ3n) is 4.56. The molecule has 162 valence electrons. The van der Waals surface area contributed by atoms with E-state index < -0.39 is 0 Å². The van der Waals surface area contributed by atoms with Crippen molar-refractivity contribution in [1.82, 2.24) is 14.8 Å². The first kappa shape index (κ1) is 21.6. The van der Waals surface area contributed by atoms with Gasteiger partial charge in [0.1, 0.15) is 18.2 Å². The summed E-state index contributed by atoms with van der Waals surface area (Å²) < 4.78 is 20.8. The van der Waals surface area contributed by atoms with Crippen LogP contribution in [0.2, 0.25) is 0 Å². The molecule has 1 heterocycles. The lowest BCUT2D eigenvalue weighted by Crippen LogP contribution is -2.14. The van der Waals surface area contributed by atoms with Crippen LogP contribution in [0.15, 0.2) is 84.0 Å². The average molecular weight is 449 g/mol. The van der Waals surface area contributed by atoms with E-state index in [2.05, 4.69) is 15.5 Å². The SMILES string of the molecule is Cc1ccc(-n2c(COc3ccccc3)nnc2SCC(=O)Nc2ccc(F)cc2)cc1. The van der Waals surface area contributed by atoms with E-state index >= 15 is 0 Å². The number of nitrogens with zero attached hydrogens (tertiary/aromatic N) is 3. The standard InChI is InChI=1S/C24H21FN4O2S/c1-17-7-13-20(14-8-17)29-22(15-31-21-5-3-2-4-6-21)27-28-24(29)32-16-23(30)26-19-11-9-18(25)10-12-19/h2-14H,15-16H2,1H3,(H,26,30). The van der Waals surface area contributed by atoms with Gasteiger partial charge in [0.2, 0.25) is 5.91 Å². The lowest BCUT2D eigenvalue weighted by molar-refractivity contribution is -0.113. The number of nitrogens with one attached hydrogen (secondary N) is 1. The van der Waals surface area contributed by atoms with Crippen LogP contribution in [0.5, 0.6) is 5.75 Å². The first-order valence-electron chi connectivity index (χ1n) is 9.96. The van der Waals surface area contributed by atoms with Crippen LogP contribution in [-0.2, 0) is 11.4 Å². The summed E-state index contributed by atoms with van der Waals surface area (Å²) in [7, 11) is 0. The predicted octanol–water partition coefficient (Wildman–Crippen LogP) is 5.02. The fraction of sp³-hybridized carbons (Fsp3) is 0.125. The molecule has 32 heavy (non-hydrogen) atoms. The highest BCUT2D eigenvalue weighted by Gasteiger charge is 2.16. The number of carbonyl (C=O) groups excluding carboxylic acids is 1. The molecular formula is C24H21FN4O2S. The predicted molar refractivity (Wildman–Crippen MR) is 123 cm³/mol. The number of thioether (sulfide) groups is 1. The highest BCUT2D eigenvalue weighted by molar-refractivity contribution is 7.99. The number of rotatable bonds is 8. The smallest absolute Gasteiger partial charge is 0.234 e. The van der Waals surface area contributed by atoms with Crippen molar-refractivity contribution >= 4 is 23.4 Å². The van der Waals surface area contributed by atoms with Crippen LogP contribution >= 0.6 is 11.8 Å². The van der Waals surface area contributed by atoms with E-state index in [-0.39, 0.29) is 24.1 Å². The van der Waals surface area contributed by atoms with E-state index in [9.17, 15) is 9.18 Å². The summed E-state index contributed by atoms with van der Waals surface area (Å²) in [5, 5.41) is 11.9. The molecule has 0 saturated carbocycles. The van der Waals surface area contributed by atoms with Gasteiger partial charge in [-0.25, -0.2) is 4.39 Å². The van der Waals surface area contributed by atoms with Gasteiger partial charge in [0, 0.05) is 11.4 Å². The molecule has 1 N–H and O–H groups in total. The van der Waals surface area contributed by atoms with E-state index in [1.165, 1.54) is 36.0 Å². The van der Waals surface area contributed by atoms with Crippen LogP contribution in [0.25, 0.3) is 5.69 Å². The van der Waals surface area contributed by atoms with Crippen molar-refractivity contribution in [2.45, 2.75) is 18.7 Å². The van der Waals surface area contributed by atoms with Gasteiger partial charge in [0.05, 0.1) is 5.75 Å². The molecule has 1 aromatic heterocycles. The van der Waals surface area contributed by atoms with Gasteiger partial charge < -0.3 is 10.1 Å². The summed E-state index contributed by atoms with van der Waals surface area (Å²) >= 11 is 1.27. The summed E-state index contributed by atoms with van der Waals surface area (Å²) in [6.45, 7) is 2.25. The first-order valence-corrected chi connectivity index (χ1v) is 10.9. The maximum Gasteiger partial charge on any atom is 0.234 e. The van der Waals surface area contributed by atoms with Crippen LogP contribution in [0.4, 0.5) is 10.1 Å². The van der Waals surface area contributed by atoms with Gasteiger partial charge in [0.15, 0.2) is 11.0 Å². The fourth-order valence-electron chi connectivity index (χ4n) is 2.97. The number of aryl methyl sites for hydroxylation is 1. The number of halogens is 1. The van der Waals surface area contributed by atoms with Crippen molar-refractivity contribution in [1.29, 1.82) is 0 Å². The Morgan fingerprint density at radius 1 is 1.00 bits per heavy atom. The maximum atomic E-state index is 13.1. The molecule has 0 spiro atoms. The number of anilines is 1. The number of para-hydroxylation sites is 1. The minimum atomic E-state index is -0.353. The van der Waals surface area contributed by atoms with Crippen LogP contribution in [-0.4, -0.2) is 26.4 Å². The second-order valence-corrected chi connectivity index (χ2v) is 7.96. The minimum Gasteiger partial charge on any atom is -0.486 e. The molecule has 0 saturated heterocycles.